The zero-order chi connectivity index (χ0) is 26.6. The number of amides is 1. The molecule has 200 valence electrons. The normalized spacial score (nSPS) is 21.0. The van der Waals surface area contributed by atoms with Gasteiger partial charge in [0.2, 0.25) is 11.9 Å². The molecule has 1 aliphatic carbocycles. The fourth-order valence-corrected chi connectivity index (χ4v) is 5.57. The number of nitrogens with one attached hydrogen (secondary N) is 2. The number of rotatable bonds is 7. The van der Waals surface area contributed by atoms with Crippen molar-refractivity contribution in [3.05, 3.63) is 67.1 Å². The summed E-state index contributed by atoms with van der Waals surface area (Å²) in [6.07, 6.45) is 10.3. The van der Waals surface area contributed by atoms with Crippen LogP contribution in [0, 0.1) is 0 Å². The molecule has 39 heavy (non-hydrogen) atoms. The van der Waals surface area contributed by atoms with E-state index in [2.05, 4.69) is 30.6 Å². The third-order valence-corrected chi connectivity index (χ3v) is 7.62. The molecule has 1 saturated carbocycles. The van der Waals surface area contributed by atoms with E-state index in [1.165, 1.54) is 0 Å². The van der Waals surface area contributed by atoms with Gasteiger partial charge in [0, 0.05) is 60.8 Å². The molecule has 1 aliphatic heterocycles. The van der Waals surface area contributed by atoms with Gasteiger partial charge in [-0.05, 0) is 62.4 Å². The molecule has 1 atom stereocenters. The average molecular weight is 524 g/mol. The quantitative estimate of drug-likeness (QED) is 0.362. The highest BCUT2D eigenvalue weighted by atomic mass is 16.5. The number of anilines is 2. The zero-order valence-corrected chi connectivity index (χ0v) is 22.1. The first-order valence-electron chi connectivity index (χ1n) is 13.7. The minimum absolute atomic E-state index is 0.0586. The predicted octanol–water partition coefficient (Wildman–Crippen LogP) is 4.60. The van der Waals surface area contributed by atoms with E-state index < -0.39 is 0 Å². The Labute approximate surface area is 228 Å². The van der Waals surface area contributed by atoms with Crippen LogP contribution in [0.25, 0.3) is 22.0 Å². The smallest absolute Gasteiger partial charge is 0.316 e. The Kier molecular flexibility index (Phi) is 7.31. The number of carbonyl (C=O) groups excluding carboxylic acids is 1. The van der Waals surface area contributed by atoms with Crippen molar-refractivity contribution in [1.29, 1.82) is 0 Å². The SMILES string of the molecule is CC(=O)N(c1ccc(-c2cnc(O[C@@H]3CCNC3)nc2)cc1)C1CCC(Nc2ncc3ccccc3n2)CC1. The number of carbonyl (C=O) groups is 1. The molecule has 1 saturated heterocycles. The van der Waals surface area contributed by atoms with Crippen molar-refractivity contribution in [3.63, 3.8) is 0 Å². The van der Waals surface area contributed by atoms with Crippen molar-refractivity contribution in [1.82, 2.24) is 25.3 Å². The molecule has 2 N–H and O–H groups in total. The predicted molar refractivity (Wildman–Crippen MR) is 152 cm³/mol. The molecule has 6 rings (SSSR count). The third kappa shape index (κ3) is 5.83. The largest absolute Gasteiger partial charge is 0.459 e. The molecule has 1 amide bonds. The monoisotopic (exact) mass is 523 g/mol. The van der Waals surface area contributed by atoms with Crippen molar-refractivity contribution in [2.75, 3.05) is 23.3 Å². The molecule has 0 bridgehead atoms. The molecule has 2 aromatic carbocycles. The van der Waals surface area contributed by atoms with Gasteiger partial charge in [-0.25, -0.2) is 19.9 Å². The van der Waals surface area contributed by atoms with Gasteiger partial charge in [0.1, 0.15) is 6.10 Å². The Morgan fingerprint density at radius 2 is 1.69 bits per heavy atom. The lowest BCUT2D eigenvalue weighted by molar-refractivity contribution is -0.117. The fraction of sp³-hybridized carbons (Fsp3) is 0.367. The minimum Gasteiger partial charge on any atom is -0.459 e. The summed E-state index contributed by atoms with van der Waals surface area (Å²) in [6, 6.07) is 16.9. The van der Waals surface area contributed by atoms with E-state index in [0.717, 1.165) is 72.9 Å². The molecule has 0 spiro atoms. The highest BCUT2D eigenvalue weighted by Gasteiger charge is 2.29. The van der Waals surface area contributed by atoms with Crippen LogP contribution >= 0.6 is 0 Å². The second-order valence-corrected chi connectivity index (χ2v) is 10.3. The number of benzene rings is 2. The van der Waals surface area contributed by atoms with Crippen molar-refractivity contribution < 1.29 is 9.53 Å². The van der Waals surface area contributed by atoms with E-state index in [-0.39, 0.29) is 24.1 Å². The number of para-hydroxylation sites is 1. The summed E-state index contributed by atoms with van der Waals surface area (Å²) < 4.78 is 5.83. The highest BCUT2D eigenvalue weighted by molar-refractivity contribution is 5.92. The average Bonchev–Trinajstić information content (AvgIpc) is 3.48. The zero-order valence-electron chi connectivity index (χ0n) is 22.1. The summed E-state index contributed by atoms with van der Waals surface area (Å²) in [5.74, 6) is 0.721. The van der Waals surface area contributed by atoms with E-state index in [9.17, 15) is 4.79 Å². The van der Waals surface area contributed by atoms with Gasteiger partial charge >= 0.3 is 6.01 Å². The summed E-state index contributed by atoms with van der Waals surface area (Å²) in [7, 11) is 0. The topological polar surface area (TPSA) is 105 Å². The molecule has 3 heterocycles. The van der Waals surface area contributed by atoms with Crippen LogP contribution in [-0.4, -0.2) is 57.1 Å². The number of nitrogens with zero attached hydrogens (tertiary/aromatic N) is 5. The summed E-state index contributed by atoms with van der Waals surface area (Å²) in [6.45, 7) is 3.44. The van der Waals surface area contributed by atoms with Crippen LogP contribution in [0.2, 0.25) is 0 Å². The van der Waals surface area contributed by atoms with Crippen LogP contribution in [0.3, 0.4) is 0 Å². The first kappa shape index (κ1) is 25.2. The van der Waals surface area contributed by atoms with Crippen LogP contribution in [0.15, 0.2) is 67.1 Å². The second kappa shape index (κ2) is 11.3. The van der Waals surface area contributed by atoms with Gasteiger partial charge in [-0.15, -0.1) is 0 Å². The lowest BCUT2D eigenvalue weighted by Crippen LogP contribution is -2.43. The molecule has 9 heteroatoms. The van der Waals surface area contributed by atoms with Crippen molar-refractivity contribution in [2.24, 2.45) is 0 Å². The van der Waals surface area contributed by atoms with E-state index in [1.807, 2.05) is 59.6 Å². The number of ether oxygens (including phenoxy) is 1. The van der Waals surface area contributed by atoms with Gasteiger partial charge < -0.3 is 20.3 Å². The number of hydrogen-bond acceptors (Lipinski definition) is 8. The first-order chi connectivity index (χ1) is 19.1. The van der Waals surface area contributed by atoms with Crippen molar-refractivity contribution >= 4 is 28.4 Å². The first-order valence-corrected chi connectivity index (χ1v) is 13.7. The van der Waals surface area contributed by atoms with Crippen LogP contribution in [0.4, 0.5) is 11.6 Å². The van der Waals surface area contributed by atoms with Crippen LogP contribution < -0.4 is 20.3 Å². The lowest BCUT2D eigenvalue weighted by Gasteiger charge is -2.36. The highest BCUT2D eigenvalue weighted by Crippen LogP contribution is 2.31. The molecule has 9 nitrogen and oxygen atoms in total. The van der Waals surface area contributed by atoms with Crippen LogP contribution in [0.1, 0.15) is 39.0 Å². The Morgan fingerprint density at radius 1 is 0.923 bits per heavy atom. The number of hydrogen-bond donors (Lipinski definition) is 2. The van der Waals surface area contributed by atoms with E-state index in [0.29, 0.717) is 12.0 Å². The second-order valence-electron chi connectivity index (χ2n) is 10.3. The molecule has 0 radical (unpaired) electrons. The molecule has 2 fully saturated rings. The Bertz CT molecular complexity index is 1410. The van der Waals surface area contributed by atoms with Gasteiger partial charge in [-0.2, -0.15) is 0 Å². The molecular weight excluding hydrogens is 490 g/mol. The molecule has 2 aromatic heterocycles. The molecular formula is C30H33N7O2. The standard InChI is InChI=1S/C30H33N7O2/c1-20(38)37(26-12-8-24(9-13-26)35-29-32-16-22-4-2-3-5-28(22)36-29)25-10-6-21(7-11-25)23-17-33-30(34-18-23)39-27-14-15-31-19-27/h2-7,10-11,16-18,24,26-27,31H,8-9,12-15,19H2,1H3,(H,32,35,36)/t24?,26?,27-/m1/s1. The van der Waals surface area contributed by atoms with Crippen LogP contribution in [-0.2, 0) is 4.79 Å². The Morgan fingerprint density at radius 3 is 2.41 bits per heavy atom. The molecule has 4 aromatic rings. The number of aromatic nitrogens is 4. The van der Waals surface area contributed by atoms with E-state index >= 15 is 0 Å². The fourth-order valence-electron chi connectivity index (χ4n) is 5.57. The summed E-state index contributed by atoms with van der Waals surface area (Å²) >= 11 is 0. The van der Waals surface area contributed by atoms with E-state index in [4.69, 9.17) is 4.74 Å². The molecule has 2 aliphatic rings. The Hall–Kier alpha value is -4.11. The minimum atomic E-state index is 0.0586. The van der Waals surface area contributed by atoms with Crippen molar-refractivity contribution in [3.8, 4) is 17.1 Å². The summed E-state index contributed by atoms with van der Waals surface area (Å²) in [5, 5.41) is 7.81. The molecule has 0 unspecified atom stereocenters. The number of fused-ring (bicyclic) bond motifs is 1. The van der Waals surface area contributed by atoms with Gasteiger partial charge in [-0.1, -0.05) is 30.3 Å². The van der Waals surface area contributed by atoms with Crippen LogP contribution in [0.5, 0.6) is 6.01 Å². The maximum Gasteiger partial charge on any atom is 0.316 e. The lowest BCUT2D eigenvalue weighted by atomic mass is 9.89. The summed E-state index contributed by atoms with van der Waals surface area (Å²) in [5.41, 5.74) is 3.76. The van der Waals surface area contributed by atoms with E-state index in [1.54, 1.807) is 19.3 Å². The Balaban J connectivity index is 1.07. The van der Waals surface area contributed by atoms with Gasteiger partial charge in [0.15, 0.2) is 0 Å². The maximum atomic E-state index is 12.7. The van der Waals surface area contributed by atoms with Crippen molar-refractivity contribution in [2.45, 2.75) is 57.2 Å². The van der Waals surface area contributed by atoms with Gasteiger partial charge in [0.25, 0.3) is 0 Å². The van der Waals surface area contributed by atoms with Gasteiger partial charge in [0.05, 0.1) is 5.52 Å². The maximum absolute atomic E-state index is 12.7. The third-order valence-electron chi connectivity index (χ3n) is 7.62. The van der Waals surface area contributed by atoms with Gasteiger partial charge in [-0.3, -0.25) is 4.79 Å². The summed E-state index contributed by atoms with van der Waals surface area (Å²) in [4.78, 5) is 32.6.